The summed E-state index contributed by atoms with van der Waals surface area (Å²) in [6.45, 7) is 0. The van der Waals surface area contributed by atoms with Crippen LogP contribution >= 0.6 is 11.5 Å². The Morgan fingerprint density at radius 2 is 2.62 bits per heavy atom. The summed E-state index contributed by atoms with van der Waals surface area (Å²) < 4.78 is 2.54. The molecular formula is C4H6N2OS. The van der Waals surface area contributed by atoms with Crippen LogP contribution in [0.25, 0.3) is 0 Å². The van der Waals surface area contributed by atoms with Gasteiger partial charge in [0.15, 0.2) is 0 Å². The molecule has 3 nitrogen and oxygen atoms in total. The lowest BCUT2D eigenvalue weighted by Crippen LogP contribution is -1.92. The van der Waals surface area contributed by atoms with Crippen LogP contribution in [-0.2, 0) is 0 Å². The molecule has 44 valence electrons. The number of H-pyrrole nitrogens is 1. The molecule has 0 aromatic carbocycles. The Morgan fingerprint density at radius 3 is 2.88 bits per heavy atom. The summed E-state index contributed by atoms with van der Waals surface area (Å²) in [5.74, 6) is 0. The molecule has 0 aliphatic rings. The van der Waals surface area contributed by atoms with E-state index in [1.165, 1.54) is 17.6 Å². The van der Waals surface area contributed by atoms with Crippen LogP contribution in [0, 0.1) is 0 Å². The van der Waals surface area contributed by atoms with Crippen LogP contribution < -0.4 is 10.9 Å². The summed E-state index contributed by atoms with van der Waals surface area (Å²) in [4.78, 5) is 10.4. The second-order valence-corrected chi connectivity index (χ2v) is 2.18. The first-order chi connectivity index (χ1) is 3.83. The smallest absolute Gasteiger partial charge is 0.260 e. The van der Waals surface area contributed by atoms with Gasteiger partial charge < -0.3 is 5.32 Å². The molecule has 0 saturated heterocycles. The molecule has 0 radical (unpaired) electrons. The van der Waals surface area contributed by atoms with E-state index in [2.05, 4.69) is 9.69 Å². The Balaban J connectivity index is 3.01. The lowest BCUT2D eigenvalue weighted by atomic mass is 10.7. The molecule has 1 aromatic heterocycles. The van der Waals surface area contributed by atoms with Crippen LogP contribution in [0.15, 0.2) is 10.9 Å². The van der Waals surface area contributed by atoms with E-state index in [1.807, 2.05) is 0 Å². The topological polar surface area (TPSA) is 44.9 Å². The number of aromatic nitrogens is 1. The van der Waals surface area contributed by atoms with Gasteiger partial charge in [0.25, 0.3) is 5.56 Å². The molecule has 0 unspecified atom stereocenters. The van der Waals surface area contributed by atoms with Gasteiger partial charge in [-0.25, -0.2) is 0 Å². The third-order valence-corrected chi connectivity index (χ3v) is 1.62. The molecule has 2 N–H and O–H groups in total. The number of rotatable bonds is 1. The number of nitrogens with one attached hydrogen (secondary N) is 2. The average Bonchev–Trinajstić information content (AvgIpc) is 2.14. The van der Waals surface area contributed by atoms with Crippen molar-refractivity contribution in [1.29, 1.82) is 0 Å². The van der Waals surface area contributed by atoms with Crippen molar-refractivity contribution in [2.24, 2.45) is 0 Å². The fourth-order valence-electron chi connectivity index (χ4n) is 0.406. The largest absolute Gasteiger partial charge is 0.379 e. The van der Waals surface area contributed by atoms with Gasteiger partial charge in [0, 0.05) is 13.1 Å². The van der Waals surface area contributed by atoms with Gasteiger partial charge in [0.05, 0.1) is 0 Å². The van der Waals surface area contributed by atoms with Crippen molar-refractivity contribution >= 4 is 16.5 Å². The summed E-state index contributed by atoms with van der Waals surface area (Å²) in [6.07, 6.45) is 0. The van der Waals surface area contributed by atoms with Gasteiger partial charge in [0.1, 0.15) is 5.00 Å². The van der Waals surface area contributed by atoms with Crippen molar-refractivity contribution in [1.82, 2.24) is 4.37 Å². The number of hydrogen-bond acceptors (Lipinski definition) is 3. The predicted octanol–water partition coefficient (Wildman–Crippen LogP) is 0.478. The second kappa shape index (κ2) is 2.00. The van der Waals surface area contributed by atoms with E-state index in [0.29, 0.717) is 0 Å². The summed E-state index contributed by atoms with van der Waals surface area (Å²) in [5.41, 5.74) is -0.0423. The lowest BCUT2D eigenvalue weighted by Gasteiger charge is -1.84. The van der Waals surface area contributed by atoms with Crippen molar-refractivity contribution in [3.63, 3.8) is 0 Å². The van der Waals surface area contributed by atoms with E-state index < -0.39 is 0 Å². The zero-order chi connectivity index (χ0) is 5.98. The van der Waals surface area contributed by atoms with Crippen LogP contribution in [0.1, 0.15) is 0 Å². The van der Waals surface area contributed by atoms with E-state index in [-0.39, 0.29) is 5.56 Å². The van der Waals surface area contributed by atoms with E-state index in [9.17, 15) is 4.79 Å². The maximum Gasteiger partial charge on any atom is 0.260 e. The minimum atomic E-state index is -0.0423. The molecule has 1 heterocycles. The minimum Gasteiger partial charge on any atom is -0.379 e. The first-order valence-corrected chi connectivity index (χ1v) is 3.01. The molecule has 0 amide bonds. The van der Waals surface area contributed by atoms with Crippen LogP contribution in [0.4, 0.5) is 5.00 Å². The number of anilines is 1. The quantitative estimate of drug-likeness (QED) is 0.580. The number of aromatic amines is 1. The zero-order valence-corrected chi connectivity index (χ0v) is 5.21. The van der Waals surface area contributed by atoms with Crippen LogP contribution in [-0.4, -0.2) is 11.4 Å². The molecule has 0 saturated carbocycles. The van der Waals surface area contributed by atoms with Gasteiger partial charge in [-0.3, -0.25) is 9.17 Å². The highest BCUT2D eigenvalue weighted by Gasteiger charge is 1.88. The molecule has 0 aliphatic heterocycles. The third-order valence-electron chi connectivity index (χ3n) is 0.770. The molecule has 1 rings (SSSR count). The zero-order valence-electron chi connectivity index (χ0n) is 4.39. The van der Waals surface area contributed by atoms with Crippen LogP contribution in [0.2, 0.25) is 0 Å². The van der Waals surface area contributed by atoms with Crippen LogP contribution in [0.5, 0.6) is 0 Å². The predicted molar refractivity (Wildman–Crippen MR) is 34.5 cm³/mol. The van der Waals surface area contributed by atoms with Gasteiger partial charge in [-0.15, -0.1) is 0 Å². The molecule has 0 aliphatic carbocycles. The fourth-order valence-corrected chi connectivity index (χ4v) is 0.944. The van der Waals surface area contributed by atoms with Gasteiger partial charge in [-0.1, -0.05) is 0 Å². The van der Waals surface area contributed by atoms with Crippen molar-refractivity contribution in [3.05, 3.63) is 16.4 Å². The Hall–Kier alpha value is -0.770. The van der Waals surface area contributed by atoms with E-state index in [0.717, 1.165) is 5.00 Å². The summed E-state index contributed by atoms with van der Waals surface area (Å²) in [5, 5.41) is 3.71. The van der Waals surface area contributed by atoms with Crippen LogP contribution in [0.3, 0.4) is 0 Å². The summed E-state index contributed by atoms with van der Waals surface area (Å²) in [7, 11) is 1.78. The molecule has 4 heteroatoms. The van der Waals surface area contributed by atoms with E-state index >= 15 is 0 Å². The third kappa shape index (κ3) is 0.894. The number of hydrogen-bond donors (Lipinski definition) is 2. The molecule has 1 aromatic rings. The molecular weight excluding hydrogens is 124 g/mol. The highest BCUT2D eigenvalue weighted by Crippen LogP contribution is 2.04. The molecule has 0 spiro atoms. The van der Waals surface area contributed by atoms with E-state index in [4.69, 9.17) is 0 Å². The van der Waals surface area contributed by atoms with Crippen molar-refractivity contribution in [3.8, 4) is 0 Å². The monoisotopic (exact) mass is 130 g/mol. The van der Waals surface area contributed by atoms with Crippen molar-refractivity contribution in [2.75, 3.05) is 12.4 Å². The SMILES string of the molecule is CNc1cc(=O)[nH]s1. The summed E-state index contributed by atoms with van der Waals surface area (Å²) in [6, 6.07) is 1.52. The molecule has 0 fully saturated rings. The van der Waals surface area contributed by atoms with Gasteiger partial charge in [-0.05, 0) is 11.5 Å². The van der Waals surface area contributed by atoms with Gasteiger partial charge in [-0.2, -0.15) is 0 Å². The minimum absolute atomic E-state index is 0.0423. The normalized spacial score (nSPS) is 9.12. The molecule has 8 heavy (non-hydrogen) atoms. The molecule has 0 bridgehead atoms. The van der Waals surface area contributed by atoms with Gasteiger partial charge >= 0.3 is 0 Å². The first kappa shape index (κ1) is 5.37. The highest BCUT2D eigenvalue weighted by molar-refractivity contribution is 7.10. The summed E-state index contributed by atoms with van der Waals surface area (Å²) >= 11 is 1.30. The van der Waals surface area contributed by atoms with Gasteiger partial charge in [0.2, 0.25) is 0 Å². The fraction of sp³-hybridized carbons (Fsp3) is 0.250. The Morgan fingerprint density at radius 1 is 1.88 bits per heavy atom. The Kier molecular flexibility index (Phi) is 1.34. The standard InChI is InChI=1S/C4H6N2OS/c1-5-4-2-3(7)6-8-4/h2,5H,1H3,(H,6,7). The van der Waals surface area contributed by atoms with Crippen molar-refractivity contribution < 1.29 is 0 Å². The van der Waals surface area contributed by atoms with Crippen molar-refractivity contribution in [2.45, 2.75) is 0 Å². The Labute approximate surface area is 50.5 Å². The Bertz CT molecular complexity index is 214. The average molecular weight is 130 g/mol. The first-order valence-electron chi connectivity index (χ1n) is 2.19. The lowest BCUT2D eigenvalue weighted by molar-refractivity contribution is 1.43. The van der Waals surface area contributed by atoms with E-state index in [1.54, 1.807) is 7.05 Å². The maximum absolute atomic E-state index is 10.4. The maximum atomic E-state index is 10.4. The highest BCUT2D eigenvalue weighted by atomic mass is 32.1. The molecule has 0 atom stereocenters. The second-order valence-electron chi connectivity index (χ2n) is 1.33.